The molecular weight excluding hydrogens is 246 g/mol. The van der Waals surface area contributed by atoms with Crippen LogP contribution in [0.4, 0.5) is 5.69 Å². The molecule has 0 unspecified atom stereocenters. The average molecular weight is 263 g/mol. The van der Waals surface area contributed by atoms with Gasteiger partial charge in [0.1, 0.15) is 6.61 Å². The predicted octanol–water partition coefficient (Wildman–Crippen LogP) is 2.86. The molecule has 0 radical (unpaired) electrons. The Hall–Kier alpha value is -1.62. The Kier molecular flexibility index (Phi) is 3.81. The Bertz CT molecular complexity index is 537. The van der Waals surface area contributed by atoms with Crippen LogP contribution >= 0.6 is 12.8 Å². The van der Waals surface area contributed by atoms with E-state index in [4.69, 9.17) is 10.5 Å². The van der Waals surface area contributed by atoms with E-state index in [-0.39, 0.29) is 0 Å². The summed E-state index contributed by atoms with van der Waals surface area (Å²) in [5, 5.41) is 4.05. The van der Waals surface area contributed by atoms with Crippen molar-refractivity contribution in [2.75, 3.05) is 5.73 Å². The number of hydrogen-bond donors (Lipinski definition) is 2. The van der Waals surface area contributed by atoms with Gasteiger partial charge in [0.05, 0.1) is 0 Å². The third-order valence-electron chi connectivity index (χ3n) is 2.79. The lowest BCUT2D eigenvalue weighted by Crippen LogP contribution is -2.06. The van der Waals surface area contributed by atoms with Gasteiger partial charge in [-0.25, -0.2) is 4.09 Å². The number of benzene rings is 1. The SMILES string of the molecule is CC(C)c1cccc(N)c1COc1ccn(S)n1. The third kappa shape index (κ3) is 2.79. The Morgan fingerprint density at radius 3 is 2.78 bits per heavy atom. The van der Waals surface area contributed by atoms with Crippen LogP contribution in [0.2, 0.25) is 0 Å². The van der Waals surface area contributed by atoms with E-state index in [1.807, 2.05) is 12.1 Å². The molecule has 0 spiro atoms. The molecule has 18 heavy (non-hydrogen) atoms. The van der Waals surface area contributed by atoms with Crippen LogP contribution in [0.5, 0.6) is 5.88 Å². The first-order valence-corrected chi connectivity index (χ1v) is 6.23. The number of anilines is 1. The minimum absolute atomic E-state index is 0.412. The first-order chi connectivity index (χ1) is 8.58. The van der Waals surface area contributed by atoms with Gasteiger partial charge in [-0.05, 0) is 30.4 Å². The summed E-state index contributed by atoms with van der Waals surface area (Å²) >= 11 is 4.06. The van der Waals surface area contributed by atoms with E-state index in [2.05, 4.69) is 37.8 Å². The van der Waals surface area contributed by atoms with Gasteiger partial charge in [-0.2, -0.15) is 0 Å². The topological polar surface area (TPSA) is 53.1 Å². The number of nitrogens with zero attached hydrogens (tertiary/aromatic N) is 2. The molecular formula is C13H17N3OS. The van der Waals surface area contributed by atoms with E-state index in [9.17, 15) is 0 Å². The maximum Gasteiger partial charge on any atom is 0.234 e. The van der Waals surface area contributed by atoms with Crippen molar-refractivity contribution in [1.82, 2.24) is 9.19 Å². The second-order valence-electron chi connectivity index (χ2n) is 4.43. The average Bonchev–Trinajstić information content (AvgIpc) is 2.73. The van der Waals surface area contributed by atoms with Crippen molar-refractivity contribution in [2.24, 2.45) is 0 Å². The van der Waals surface area contributed by atoms with Crippen molar-refractivity contribution in [2.45, 2.75) is 26.4 Å². The smallest absolute Gasteiger partial charge is 0.234 e. The number of rotatable bonds is 4. The van der Waals surface area contributed by atoms with E-state index in [1.165, 1.54) is 9.65 Å². The van der Waals surface area contributed by atoms with Gasteiger partial charge in [-0.15, -0.1) is 5.10 Å². The maximum absolute atomic E-state index is 6.01. The molecule has 0 aliphatic rings. The summed E-state index contributed by atoms with van der Waals surface area (Å²) in [7, 11) is 0. The predicted molar refractivity (Wildman–Crippen MR) is 75.9 cm³/mol. The van der Waals surface area contributed by atoms with Gasteiger partial charge >= 0.3 is 0 Å². The molecule has 0 saturated heterocycles. The fourth-order valence-corrected chi connectivity index (χ4v) is 2.01. The lowest BCUT2D eigenvalue weighted by atomic mass is 9.96. The molecule has 4 nitrogen and oxygen atoms in total. The van der Waals surface area contributed by atoms with Crippen LogP contribution < -0.4 is 10.5 Å². The molecule has 0 saturated carbocycles. The molecule has 96 valence electrons. The number of aromatic nitrogens is 2. The lowest BCUT2D eigenvalue weighted by Gasteiger charge is -2.15. The third-order valence-corrected chi connectivity index (χ3v) is 3.01. The van der Waals surface area contributed by atoms with Crippen LogP contribution in [-0.4, -0.2) is 9.19 Å². The standard InChI is InChI=1S/C13H17N3OS/c1-9(2)10-4-3-5-12(14)11(10)8-17-13-6-7-16(18)15-13/h3-7,9,18H,8,14H2,1-2H3. The summed E-state index contributed by atoms with van der Waals surface area (Å²) in [4.78, 5) is 0. The molecule has 2 aromatic rings. The molecule has 2 rings (SSSR count). The fourth-order valence-electron chi connectivity index (χ4n) is 1.85. The van der Waals surface area contributed by atoms with Crippen molar-refractivity contribution in [3.63, 3.8) is 0 Å². The molecule has 1 heterocycles. The van der Waals surface area contributed by atoms with Crippen molar-refractivity contribution < 1.29 is 4.74 Å². The van der Waals surface area contributed by atoms with Gasteiger partial charge in [0.15, 0.2) is 0 Å². The molecule has 0 aliphatic heterocycles. The monoisotopic (exact) mass is 263 g/mol. The van der Waals surface area contributed by atoms with E-state index in [0.717, 1.165) is 11.3 Å². The van der Waals surface area contributed by atoms with Crippen molar-refractivity contribution in [3.8, 4) is 5.88 Å². The van der Waals surface area contributed by atoms with Gasteiger partial charge in [-0.3, -0.25) is 0 Å². The number of thiol groups is 1. The summed E-state index contributed by atoms with van der Waals surface area (Å²) in [6.45, 7) is 4.70. The molecule has 0 fully saturated rings. The Labute approximate surface area is 112 Å². The van der Waals surface area contributed by atoms with Gasteiger partial charge in [0, 0.05) is 23.5 Å². The fraction of sp³-hybridized carbons (Fsp3) is 0.308. The van der Waals surface area contributed by atoms with Gasteiger partial charge in [0.25, 0.3) is 0 Å². The highest BCUT2D eigenvalue weighted by Gasteiger charge is 2.10. The first-order valence-electron chi connectivity index (χ1n) is 5.83. The molecule has 0 amide bonds. The summed E-state index contributed by atoms with van der Waals surface area (Å²) in [6, 6.07) is 7.70. The highest BCUT2D eigenvalue weighted by molar-refractivity contribution is 7.78. The Morgan fingerprint density at radius 1 is 1.39 bits per heavy atom. The van der Waals surface area contributed by atoms with E-state index >= 15 is 0 Å². The summed E-state index contributed by atoms with van der Waals surface area (Å²) in [5.41, 5.74) is 9.00. The van der Waals surface area contributed by atoms with Crippen molar-refractivity contribution >= 4 is 18.5 Å². The zero-order valence-electron chi connectivity index (χ0n) is 10.5. The van der Waals surface area contributed by atoms with Crippen LogP contribution in [0.1, 0.15) is 30.9 Å². The molecule has 1 aromatic carbocycles. The van der Waals surface area contributed by atoms with Crippen molar-refractivity contribution in [1.29, 1.82) is 0 Å². The number of nitrogen functional groups attached to an aromatic ring is 1. The van der Waals surface area contributed by atoms with E-state index < -0.39 is 0 Å². The van der Waals surface area contributed by atoms with Crippen LogP contribution in [0.25, 0.3) is 0 Å². The zero-order valence-corrected chi connectivity index (χ0v) is 11.4. The normalized spacial score (nSPS) is 10.9. The second-order valence-corrected chi connectivity index (χ2v) is 4.84. The minimum Gasteiger partial charge on any atom is -0.472 e. The minimum atomic E-state index is 0.412. The Balaban J connectivity index is 2.18. The molecule has 0 bridgehead atoms. The first kappa shape index (κ1) is 12.8. The van der Waals surface area contributed by atoms with E-state index in [0.29, 0.717) is 18.4 Å². The summed E-state index contributed by atoms with van der Waals surface area (Å²) < 4.78 is 7.03. The Morgan fingerprint density at radius 2 is 2.17 bits per heavy atom. The number of ether oxygens (including phenoxy) is 1. The molecule has 1 aromatic heterocycles. The summed E-state index contributed by atoms with van der Waals surface area (Å²) in [6.07, 6.45) is 1.72. The zero-order chi connectivity index (χ0) is 13.1. The van der Waals surface area contributed by atoms with Gasteiger partial charge < -0.3 is 10.5 Å². The van der Waals surface area contributed by atoms with E-state index in [1.54, 1.807) is 12.3 Å². The lowest BCUT2D eigenvalue weighted by molar-refractivity contribution is 0.292. The highest BCUT2D eigenvalue weighted by atomic mass is 32.1. The largest absolute Gasteiger partial charge is 0.472 e. The van der Waals surface area contributed by atoms with Crippen LogP contribution in [0, 0.1) is 0 Å². The van der Waals surface area contributed by atoms with Crippen LogP contribution in [0.15, 0.2) is 30.5 Å². The quantitative estimate of drug-likeness (QED) is 0.659. The van der Waals surface area contributed by atoms with Gasteiger partial charge in [0.2, 0.25) is 5.88 Å². The molecule has 0 atom stereocenters. The molecule has 2 N–H and O–H groups in total. The van der Waals surface area contributed by atoms with Crippen LogP contribution in [-0.2, 0) is 6.61 Å². The summed E-state index contributed by atoms with van der Waals surface area (Å²) in [5.74, 6) is 0.956. The molecule has 5 heteroatoms. The van der Waals surface area contributed by atoms with Crippen LogP contribution in [0.3, 0.4) is 0 Å². The maximum atomic E-state index is 6.01. The second kappa shape index (κ2) is 5.35. The number of hydrogen-bond acceptors (Lipinski definition) is 4. The number of nitrogens with two attached hydrogens (primary N) is 1. The van der Waals surface area contributed by atoms with Crippen molar-refractivity contribution in [3.05, 3.63) is 41.6 Å². The molecule has 0 aliphatic carbocycles. The van der Waals surface area contributed by atoms with Gasteiger partial charge in [-0.1, -0.05) is 26.0 Å². The highest BCUT2D eigenvalue weighted by Crippen LogP contribution is 2.25.